The maximum Gasteiger partial charge on any atom is 0.329 e. The number of aryl methyl sites for hydroxylation is 1. The van der Waals surface area contributed by atoms with Gasteiger partial charge in [-0.15, -0.1) is 0 Å². The minimum Gasteiger partial charge on any atom is -0.480 e. The molecule has 1 aliphatic rings. The molecule has 0 amide bonds. The summed E-state index contributed by atoms with van der Waals surface area (Å²) in [4.78, 5) is 15.6. The molecule has 92 valence electrons. The van der Waals surface area contributed by atoms with Crippen LogP contribution >= 0.6 is 0 Å². The molecule has 1 aromatic heterocycles. The highest BCUT2D eigenvalue weighted by Crippen LogP contribution is 2.25. The van der Waals surface area contributed by atoms with Crippen LogP contribution in [-0.4, -0.2) is 34.8 Å². The normalized spacial score (nSPS) is 18.6. The number of anilines is 1. The predicted octanol–water partition coefficient (Wildman–Crippen LogP) is 1.44. The summed E-state index contributed by atoms with van der Waals surface area (Å²) in [6.07, 6.45) is 2.63. The van der Waals surface area contributed by atoms with Gasteiger partial charge in [0.2, 0.25) is 0 Å². The monoisotopic (exact) mass is 236 g/mol. The van der Waals surface area contributed by atoms with E-state index in [9.17, 15) is 9.90 Å². The summed E-state index contributed by atoms with van der Waals surface area (Å²) in [6, 6.07) is 3.71. The van der Waals surface area contributed by atoms with Gasteiger partial charge in [0.25, 0.3) is 0 Å². The van der Waals surface area contributed by atoms with E-state index in [-0.39, 0.29) is 0 Å². The molecule has 0 aliphatic carbocycles. The molecule has 2 heterocycles. The zero-order chi connectivity index (χ0) is 12.3. The molecule has 0 spiro atoms. The molecule has 1 aliphatic heterocycles. The lowest BCUT2D eigenvalue weighted by Gasteiger charge is -2.34. The number of aliphatic carboxylic acids is 1. The van der Waals surface area contributed by atoms with E-state index in [1.165, 1.54) is 0 Å². The van der Waals surface area contributed by atoms with Gasteiger partial charge >= 0.3 is 5.97 Å². The van der Waals surface area contributed by atoms with Crippen LogP contribution in [0, 0.1) is 6.92 Å². The van der Waals surface area contributed by atoms with Crippen molar-refractivity contribution in [3.8, 4) is 0 Å². The van der Waals surface area contributed by atoms with Crippen molar-refractivity contribution in [1.82, 2.24) is 4.98 Å². The van der Waals surface area contributed by atoms with Crippen LogP contribution < -0.4 is 5.32 Å². The molecule has 1 fully saturated rings. The van der Waals surface area contributed by atoms with Crippen LogP contribution in [0.1, 0.15) is 18.4 Å². The smallest absolute Gasteiger partial charge is 0.329 e. The number of nitrogens with one attached hydrogen (secondary N) is 1. The average Bonchev–Trinajstić information content (AvgIpc) is 2.33. The fraction of sp³-hybridized carbons (Fsp3) is 0.500. The van der Waals surface area contributed by atoms with Gasteiger partial charge in [-0.1, -0.05) is 6.07 Å². The SMILES string of the molecule is Cc1ccc(NC2(C(=O)O)CCOCC2)nc1. The quantitative estimate of drug-likeness (QED) is 0.830. The highest BCUT2D eigenvalue weighted by molar-refractivity contribution is 5.82. The standard InChI is InChI=1S/C12H16N2O3/c1-9-2-3-10(13-8-9)14-12(11(15)16)4-6-17-7-5-12/h2-3,8H,4-7H2,1H3,(H,13,14)(H,15,16). The molecule has 1 aromatic rings. The Labute approximate surface area is 99.8 Å². The summed E-state index contributed by atoms with van der Waals surface area (Å²) in [7, 11) is 0. The summed E-state index contributed by atoms with van der Waals surface area (Å²) in [5.74, 6) is -0.247. The Kier molecular flexibility index (Phi) is 3.28. The Hall–Kier alpha value is -1.62. The van der Waals surface area contributed by atoms with E-state index in [0.29, 0.717) is 31.9 Å². The van der Waals surface area contributed by atoms with Crippen LogP contribution in [0.15, 0.2) is 18.3 Å². The minimum absolute atomic E-state index is 0.456. The van der Waals surface area contributed by atoms with Crippen LogP contribution in [0.2, 0.25) is 0 Å². The van der Waals surface area contributed by atoms with E-state index in [1.807, 2.05) is 13.0 Å². The van der Waals surface area contributed by atoms with E-state index >= 15 is 0 Å². The number of carboxylic acid groups (broad SMARTS) is 1. The van der Waals surface area contributed by atoms with Crippen molar-refractivity contribution in [3.05, 3.63) is 23.9 Å². The third-order valence-corrected chi connectivity index (χ3v) is 3.03. The number of rotatable bonds is 3. The van der Waals surface area contributed by atoms with Crippen LogP contribution in [0.3, 0.4) is 0 Å². The second-order valence-corrected chi connectivity index (χ2v) is 4.35. The van der Waals surface area contributed by atoms with Crippen molar-refractivity contribution < 1.29 is 14.6 Å². The molecule has 5 heteroatoms. The van der Waals surface area contributed by atoms with Crippen molar-refractivity contribution >= 4 is 11.8 Å². The number of ether oxygens (including phenoxy) is 1. The van der Waals surface area contributed by atoms with Crippen molar-refractivity contribution in [2.24, 2.45) is 0 Å². The number of nitrogens with zero attached hydrogens (tertiary/aromatic N) is 1. The summed E-state index contributed by atoms with van der Waals surface area (Å²) in [5, 5.41) is 12.4. The molecule has 0 saturated carbocycles. The summed E-state index contributed by atoms with van der Waals surface area (Å²) in [5.41, 5.74) is 0.104. The molecule has 2 rings (SSSR count). The van der Waals surface area contributed by atoms with Gasteiger partial charge in [0.1, 0.15) is 11.4 Å². The Morgan fingerprint density at radius 3 is 2.71 bits per heavy atom. The molecule has 1 saturated heterocycles. The van der Waals surface area contributed by atoms with E-state index in [2.05, 4.69) is 10.3 Å². The molecule has 0 radical (unpaired) electrons. The Balaban J connectivity index is 2.17. The number of aromatic nitrogens is 1. The number of hydrogen-bond donors (Lipinski definition) is 2. The van der Waals surface area contributed by atoms with Crippen LogP contribution in [0.25, 0.3) is 0 Å². The van der Waals surface area contributed by atoms with Gasteiger partial charge in [-0.3, -0.25) is 0 Å². The first kappa shape index (κ1) is 11.9. The van der Waals surface area contributed by atoms with E-state index in [0.717, 1.165) is 5.56 Å². The molecular formula is C12H16N2O3. The van der Waals surface area contributed by atoms with Crippen molar-refractivity contribution in [2.45, 2.75) is 25.3 Å². The maximum atomic E-state index is 11.4. The van der Waals surface area contributed by atoms with Gasteiger partial charge in [0.15, 0.2) is 0 Å². The minimum atomic E-state index is -0.944. The lowest BCUT2D eigenvalue weighted by Crippen LogP contribution is -2.50. The number of pyridine rings is 1. The summed E-state index contributed by atoms with van der Waals surface area (Å²) in [6.45, 7) is 2.87. The average molecular weight is 236 g/mol. The molecule has 0 atom stereocenters. The predicted molar refractivity (Wildman–Crippen MR) is 63.0 cm³/mol. The Bertz CT molecular complexity index is 397. The highest BCUT2D eigenvalue weighted by atomic mass is 16.5. The van der Waals surface area contributed by atoms with Gasteiger partial charge in [-0.05, 0) is 18.6 Å². The molecular weight excluding hydrogens is 220 g/mol. The fourth-order valence-corrected chi connectivity index (χ4v) is 1.90. The third kappa shape index (κ3) is 2.55. The first-order chi connectivity index (χ1) is 8.12. The van der Waals surface area contributed by atoms with Gasteiger partial charge in [-0.25, -0.2) is 9.78 Å². The third-order valence-electron chi connectivity index (χ3n) is 3.03. The van der Waals surface area contributed by atoms with Crippen molar-refractivity contribution in [3.63, 3.8) is 0 Å². The zero-order valence-corrected chi connectivity index (χ0v) is 9.77. The van der Waals surface area contributed by atoms with Gasteiger partial charge < -0.3 is 15.2 Å². The first-order valence-electron chi connectivity index (χ1n) is 5.64. The fourth-order valence-electron chi connectivity index (χ4n) is 1.90. The Morgan fingerprint density at radius 2 is 2.18 bits per heavy atom. The van der Waals surface area contributed by atoms with Gasteiger partial charge in [-0.2, -0.15) is 0 Å². The van der Waals surface area contributed by atoms with Gasteiger partial charge in [0, 0.05) is 32.3 Å². The number of carbonyl (C=O) groups is 1. The number of carboxylic acids is 1. The van der Waals surface area contributed by atoms with Crippen molar-refractivity contribution in [1.29, 1.82) is 0 Å². The summed E-state index contributed by atoms with van der Waals surface area (Å²) < 4.78 is 5.21. The zero-order valence-electron chi connectivity index (χ0n) is 9.77. The first-order valence-corrected chi connectivity index (χ1v) is 5.64. The second-order valence-electron chi connectivity index (χ2n) is 4.35. The lowest BCUT2D eigenvalue weighted by atomic mass is 9.90. The van der Waals surface area contributed by atoms with Crippen LogP contribution in [-0.2, 0) is 9.53 Å². The molecule has 2 N–H and O–H groups in total. The molecule has 5 nitrogen and oxygen atoms in total. The van der Waals surface area contributed by atoms with E-state index in [4.69, 9.17) is 4.74 Å². The van der Waals surface area contributed by atoms with Crippen LogP contribution in [0.5, 0.6) is 0 Å². The second kappa shape index (κ2) is 4.71. The van der Waals surface area contributed by atoms with E-state index < -0.39 is 11.5 Å². The van der Waals surface area contributed by atoms with Crippen molar-refractivity contribution in [2.75, 3.05) is 18.5 Å². The molecule has 0 aromatic carbocycles. The topological polar surface area (TPSA) is 71.5 Å². The molecule has 17 heavy (non-hydrogen) atoms. The molecule has 0 bridgehead atoms. The maximum absolute atomic E-state index is 11.4. The van der Waals surface area contributed by atoms with Gasteiger partial charge in [0.05, 0.1) is 0 Å². The Morgan fingerprint density at radius 1 is 1.47 bits per heavy atom. The molecule has 0 unspecified atom stereocenters. The van der Waals surface area contributed by atoms with Crippen LogP contribution in [0.4, 0.5) is 5.82 Å². The highest BCUT2D eigenvalue weighted by Gasteiger charge is 2.40. The summed E-state index contributed by atoms with van der Waals surface area (Å²) >= 11 is 0. The van der Waals surface area contributed by atoms with E-state index in [1.54, 1.807) is 12.3 Å². The lowest BCUT2D eigenvalue weighted by molar-refractivity contribution is -0.145. The largest absolute Gasteiger partial charge is 0.480 e. The number of hydrogen-bond acceptors (Lipinski definition) is 4.